The van der Waals surface area contributed by atoms with Gasteiger partial charge in [-0.15, -0.1) is 0 Å². The summed E-state index contributed by atoms with van der Waals surface area (Å²) in [5.41, 5.74) is 5.98. The number of aryl methyl sites for hydroxylation is 2. The highest BCUT2D eigenvalue weighted by atomic mass is 15.1. The van der Waals surface area contributed by atoms with E-state index in [2.05, 4.69) is 71.7 Å². The molecule has 3 aromatic rings. The quantitative estimate of drug-likeness (QED) is 0.712. The first-order valence-corrected chi connectivity index (χ1v) is 8.07. The van der Waals surface area contributed by atoms with Crippen LogP contribution in [0.2, 0.25) is 0 Å². The van der Waals surface area contributed by atoms with Crippen LogP contribution in [0.4, 0.5) is 17.5 Å². The van der Waals surface area contributed by atoms with Gasteiger partial charge in [0, 0.05) is 18.4 Å². The van der Waals surface area contributed by atoms with Gasteiger partial charge in [-0.1, -0.05) is 42.0 Å². The molecule has 0 aliphatic rings. The Balaban J connectivity index is 1.71. The van der Waals surface area contributed by atoms with Crippen LogP contribution in [0.1, 0.15) is 22.3 Å². The van der Waals surface area contributed by atoms with Crippen LogP contribution in [0.5, 0.6) is 0 Å². The Morgan fingerprint density at radius 2 is 1.79 bits per heavy atom. The molecule has 0 saturated heterocycles. The van der Waals surface area contributed by atoms with E-state index < -0.39 is 0 Å². The molecular formula is C20H22N4. The van der Waals surface area contributed by atoms with Gasteiger partial charge < -0.3 is 10.6 Å². The normalized spacial score (nSPS) is 10.5. The van der Waals surface area contributed by atoms with Crippen molar-refractivity contribution in [1.29, 1.82) is 0 Å². The van der Waals surface area contributed by atoms with E-state index in [1.807, 2.05) is 18.2 Å². The molecule has 1 aromatic heterocycles. The zero-order valence-corrected chi connectivity index (χ0v) is 14.3. The van der Waals surface area contributed by atoms with Gasteiger partial charge in [-0.25, -0.2) is 4.98 Å². The Morgan fingerprint density at radius 1 is 0.958 bits per heavy atom. The van der Waals surface area contributed by atoms with E-state index in [1.54, 1.807) is 6.20 Å². The van der Waals surface area contributed by atoms with Gasteiger partial charge in [0.25, 0.3) is 0 Å². The monoisotopic (exact) mass is 318 g/mol. The highest BCUT2D eigenvalue weighted by Gasteiger charge is 2.04. The maximum absolute atomic E-state index is 4.54. The molecule has 4 heteroatoms. The van der Waals surface area contributed by atoms with Crippen LogP contribution in [0.15, 0.2) is 54.7 Å². The second-order valence-corrected chi connectivity index (χ2v) is 5.98. The molecule has 0 fully saturated rings. The van der Waals surface area contributed by atoms with Crippen molar-refractivity contribution in [1.82, 2.24) is 9.97 Å². The van der Waals surface area contributed by atoms with Crippen LogP contribution in [-0.4, -0.2) is 9.97 Å². The maximum atomic E-state index is 4.54. The average Bonchev–Trinajstić information content (AvgIpc) is 2.58. The standard InChI is InChI=1S/C20H22N4/c1-14-6-4-8-17(12-14)13-22-19-10-11-21-20(24-19)23-18-9-5-7-15(2)16(18)3/h4-12H,13H2,1-3H3,(H2,21,22,23,24). The van der Waals surface area contributed by atoms with Gasteiger partial charge in [0.15, 0.2) is 0 Å². The van der Waals surface area contributed by atoms with Crippen molar-refractivity contribution >= 4 is 17.5 Å². The zero-order valence-electron chi connectivity index (χ0n) is 14.3. The Morgan fingerprint density at radius 3 is 2.62 bits per heavy atom. The summed E-state index contributed by atoms with van der Waals surface area (Å²) in [5, 5.41) is 6.65. The van der Waals surface area contributed by atoms with Crippen molar-refractivity contribution in [3.8, 4) is 0 Å². The third-order valence-electron chi connectivity index (χ3n) is 4.06. The molecule has 1 heterocycles. The van der Waals surface area contributed by atoms with Crippen molar-refractivity contribution in [2.24, 2.45) is 0 Å². The number of benzene rings is 2. The minimum absolute atomic E-state index is 0.595. The minimum atomic E-state index is 0.595. The molecule has 2 N–H and O–H groups in total. The summed E-state index contributed by atoms with van der Waals surface area (Å²) in [5.74, 6) is 1.40. The Labute approximate surface area is 143 Å². The number of hydrogen-bond acceptors (Lipinski definition) is 4. The third-order valence-corrected chi connectivity index (χ3v) is 4.06. The van der Waals surface area contributed by atoms with Crippen molar-refractivity contribution < 1.29 is 0 Å². The molecule has 0 atom stereocenters. The highest BCUT2D eigenvalue weighted by Crippen LogP contribution is 2.21. The highest BCUT2D eigenvalue weighted by molar-refractivity contribution is 5.60. The summed E-state index contributed by atoms with van der Waals surface area (Å²) in [7, 11) is 0. The Bertz CT molecular complexity index is 843. The van der Waals surface area contributed by atoms with Gasteiger partial charge in [-0.2, -0.15) is 4.98 Å². The largest absolute Gasteiger partial charge is 0.366 e. The molecule has 0 spiro atoms. The second kappa shape index (κ2) is 7.13. The molecule has 0 bridgehead atoms. The van der Waals surface area contributed by atoms with E-state index >= 15 is 0 Å². The summed E-state index contributed by atoms with van der Waals surface area (Å²) in [6.07, 6.45) is 1.76. The minimum Gasteiger partial charge on any atom is -0.366 e. The molecule has 0 aliphatic heterocycles. The summed E-state index contributed by atoms with van der Waals surface area (Å²) in [6, 6.07) is 16.5. The van der Waals surface area contributed by atoms with Crippen LogP contribution in [0.25, 0.3) is 0 Å². The first-order valence-electron chi connectivity index (χ1n) is 8.07. The lowest BCUT2D eigenvalue weighted by atomic mass is 10.1. The number of nitrogens with one attached hydrogen (secondary N) is 2. The number of anilines is 3. The molecule has 2 aromatic carbocycles. The average molecular weight is 318 g/mol. The maximum Gasteiger partial charge on any atom is 0.229 e. The summed E-state index contributed by atoms with van der Waals surface area (Å²) in [6.45, 7) is 7.03. The lowest BCUT2D eigenvalue weighted by Crippen LogP contribution is -2.05. The Kier molecular flexibility index (Phi) is 4.75. The predicted octanol–water partition coefficient (Wildman–Crippen LogP) is 4.76. The Hall–Kier alpha value is -2.88. The molecule has 0 saturated carbocycles. The lowest BCUT2D eigenvalue weighted by molar-refractivity contribution is 1.08. The van der Waals surface area contributed by atoms with E-state index in [1.165, 1.54) is 22.3 Å². The number of hydrogen-bond donors (Lipinski definition) is 2. The predicted molar refractivity (Wildman–Crippen MR) is 99.7 cm³/mol. The summed E-state index contributed by atoms with van der Waals surface area (Å²) >= 11 is 0. The summed E-state index contributed by atoms with van der Waals surface area (Å²) < 4.78 is 0. The van der Waals surface area contributed by atoms with Gasteiger partial charge >= 0.3 is 0 Å². The van der Waals surface area contributed by atoms with Crippen molar-refractivity contribution in [3.05, 3.63) is 77.0 Å². The second-order valence-electron chi connectivity index (χ2n) is 5.98. The molecule has 24 heavy (non-hydrogen) atoms. The van der Waals surface area contributed by atoms with E-state index in [0.29, 0.717) is 5.95 Å². The zero-order chi connectivity index (χ0) is 16.9. The molecule has 3 rings (SSSR count). The fraction of sp³-hybridized carbons (Fsp3) is 0.200. The smallest absolute Gasteiger partial charge is 0.229 e. The van der Waals surface area contributed by atoms with Gasteiger partial charge in [0.2, 0.25) is 5.95 Å². The van der Waals surface area contributed by atoms with E-state index in [-0.39, 0.29) is 0 Å². The summed E-state index contributed by atoms with van der Waals surface area (Å²) in [4.78, 5) is 8.86. The van der Waals surface area contributed by atoms with Crippen LogP contribution in [0, 0.1) is 20.8 Å². The molecular weight excluding hydrogens is 296 g/mol. The van der Waals surface area contributed by atoms with Gasteiger partial charge in [-0.3, -0.25) is 0 Å². The van der Waals surface area contributed by atoms with Crippen molar-refractivity contribution in [2.45, 2.75) is 27.3 Å². The fourth-order valence-electron chi connectivity index (χ4n) is 2.54. The van der Waals surface area contributed by atoms with Gasteiger partial charge in [0.1, 0.15) is 5.82 Å². The molecule has 0 unspecified atom stereocenters. The van der Waals surface area contributed by atoms with Crippen molar-refractivity contribution in [3.63, 3.8) is 0 Å². The SMILES string of the molecule is Cc1cccc(CNc2ccnc(Nc3cccc(C)c3C)n2)c1. The molecule has 122 valence electrons. The number of aromatic nitrogens is 2. The van der Waals surface area contributed by atoms with Crippen LogP contribution < -0.4 is 10.6 Å². The number of rotatable bonds is 5. The lowest BCUT2D eigenvalue weighted by Gasteiger charge is -2.11. The third kappa shape index (κ3) is 3.90. The van der Waals surface area contributed by atoms with Crippen LogP contribution in [-0.2, 0) is 6.54 Å². The molecule has 0 aliphatic carbocycles. The van der Waals surface area contributed by atoms with Crippen molar-refractivity contribution in [2.75, 3.05) is 10.6 Å². The number of nitrogens with zero attached hydrogens (tertiary/aromatic N) is 2. The topological polar surface area (TPSA) is 49.8 Å². The van der Waals surface area contributed by atoms with Gasteiger partial charge in [-0.05, 0) is 49.6 Å². The van der Waals surface area contributed by atoms with Crippen LogP contribution in [0.3, 0.4) is 0 Å². The van der Waals surface area contributed by atoms with E-state index in [0.717, 1.165) is 18.1 Å². The first kappa shape index (κ1) is 16.0. The van der Waals surface area contributed by atoms with Crippen LogP contribution >= 0.6 is 0 Å². The van der Waals surface area contributed by atoms with E-state index in [9.17, 15) is 0 Å². The molecule has 4 nitrogen and oxygen atoms in total. The molecule has 0 amide bonds. The first-order chi connectivity index (χ1) is 11.6. The fourth-order valence-corrected chi connectivity index (χ4v) is 2.54. The molecule has 0 radical (unpaired) electrons. The van der Waals surface area contributed by atoms with Gasteiger partial charge in [0.05, 0.1) is 0 Å². The van der Waals surface area contributed by atoms with E-state index in [4.69, 9.17) is 0 Å².